The van der Waals surface area contributed by atoms with Crippen molar-refractivity contribution in [3.05, 3.63) is 76.5 Å². The molecule has 1 aliphatic rings. The van der Waals surface area contributed by atoms with Crippen molar-refractivity contribution in [1.82, 2.24) is 24.5 Å². The molecule has 0 bridgehead atoms. The lowest BCUT2D eigenvalue weighted by Crippen LogP contribution is -2.49. The van der Waals surface area contributed by atoms with Crippen molar-refractivity contribution >= 4 is 39.7 Å². The van der Waals surface area contributed by atoms with E-state index in [1.54, 1.807) is 11.3 Å². The average molecular weight is 469 g/mol. The maximum Gasteiger partial charge on any atom is 0.227 e. The molecule has 0 N–H and O–H groups in total. The minimum atomic E-state index is 0.184. The molecule has 4 heterocycles. The predicted molar refractivity (Wildman–Crippen MR) is 135 cm³/mol. The fraction of sp³-hybridized carbons (Fsp3) is 0.231. The maximum atomic E-state index is 12.8. The molecule has 34 heavy (non-hydrogen) atoms. The highest BCUT2D eigenvalue weighted by atomic mass is 32.1. The maximum absolute atomic E-state index is 12.8. The molecule has 0 radical (unpaired) electrons. The van der Waals surface area contributed by atoms with E-state index in [4.69, 9.17) is 4.98 Å². The first kappa shape index (κ1) is 20.8. The standard InChI is InChI=1S/C26H24N6OS/c1-18-8-10-19(11-9-18)24-28-29-25-21-6-2-3-7-22(21)27-26(32(24)25)31-14-12-30(13-15-31)23(33)17-20-5-4-16-34-20/h2-11,16H,12-15,17H2,1H3. The van der Waals surface area contributed by atoms with Crippen molar-refractivity contribution in [3.8, 4) is 11.4 Å². The Morgan fingerprint density at radius 1 is 0.941 bits per heavy atom. The number of carbonyl (C=O) groups excluding carboxylic acids is 1. The quantitative estimate of drug-likeness (QED) is 0.395. The van der Waals surface area contributed by atoms with Gasteiger partial charge in [-0.3, -0.25) is 4.79 Å². The van der Waals surface area contributed by atoms with Gasteiger partial charge in [-0.15, -0.1) is 21.5 Å². The van der Waals surface area contributed by atoms with Gasteiger partial charge in [-0.05, 0) is 30.5 Å². The SMILES string of the molecule is Cc1ccc(-c2nnc3c4ccccc4nc(N4CCN(C(=O)Cc5cccs5)CC4)n23)cc1. The normalized spacial score (nSPS) is 14.3. The van der Waals surface area contributed by atoms with Crippen LogP contribution in [0.3, 0.4) is 0 Å². The summed E-state index contributed by atoms with van der Waals surface area (Å²) in [6.07, 6.45) is 0.471. The van der Waals surface area contributed by atoms with Gasteiger partial charge in [-0.1, -0.05) is 48.0 Å². The predicted octanol–water partition coefficient (Wildman–Crippen LogP) is 4.21. The van der Waals surface area contributed by atoms with Gasteiger partial charge in [0.2, 0.25) is 11.9 Å². The number of hydrogen-bond acceptors (Lipinski definition) is 6. The highest BCUT2D eigenvalue weighted by molar-refractivity contribution is 7.10. The molecule has 2 aromatic carbocycles. The molecule has 7 nitrogen and oxygen atoms in total. The van der Waals surface area contributed by atoms with Crippen molar-refractivity contribution < 1.29 is 4.79 Å². The van der Waals surface area contributed by atoms with E-state index in [0.717, 1.165) is 38.8 Å². The van der Waals surface area contributed by atoms with Crippen LogP contribution in [0.2, 0.25) is 0 Å². The molecule has 1 aliphatic heterocycles. The topological polar surface area (TPSA) is 66.6 Å². The van der Waals surface area contributed by atoms with Crippen LogP contribution in [0.1, 0.15) is 10.4 Å². The Balaban J connectivity index is 1.36. The lowest BCUT2D eigenvalue weighted by atomic mass is 10.1. The number of amides is 1. The van der Waals surface area contributed by atoms with Gasteiger partial charge < -0.3 is 9.80 Å². The zero-order valence-electron chi connectivity index (χ0n) is 18.9. The van der Waals surface area contributed by atoms with Gasteiger partial charge in [-0.25, -0.2) is 9.38 Å². The van der Waals surface area contributed by atoms with Gasteiger partial charge in [0.25, 0.3) is 0 Å². The average Bonchev–Trinajstić information content (AvgIpc) is 3.55. The fourth-order valence-electron chi connectivity index (χ4n) is 4.50. The summed E-state index contributed by atoms with van der Waals surface area (Å²) in [4.78, 5) is 23.1. The van der Waals surface area contributed by atoms with Gasteiger partial charge in [0.1, 0.15) is 0 Å². The zero-order chi connectivity index (χ0) is 23.1. The summed E-state index contributed by atoms with van der Waals surface area (Å²) in [6.45, 7) is 4.83. The van der Waals surface area contributed by atoms with Crippen LogP contribution in [0.25, 0.3) is 27.9 Å². The van der Waals surface area contributed by atoms with Crippen molar-refractivity contribution in [3.63, 3.8) is 0 Å². The van der Waals surface area contributed by atoms with Crippen LogP contribution in [0.5, 0.6) is 0 Å². The zero-order valence-corrected chi connectivity index (χ0v) is 19.7. The first-order chi connectivity index (χ1) is 16.7. The summed E-state index contributed by atoms with van der Waals surface area (Å²) in [6, 6.07) is 20.4. The number of carbonyl (C=O) groups is 1. The van der Waals surface area contributed by atoms with E-state index in [9.17, 15) is 4.79 Å². The van der Waals surface area contributed by atoms with Gasteiger partial charge in [0, 0.05) is 42.0 Å². The minimum Gasteiger partial charge on any atom is -0.339 e. The lowest BCUT2D eigenvalue weighted by molar-refractivity contribution is -0.130. The Morgan fingerprint density at radius 2 is 1.74 bits per heavy atom. The summed E-state index contributed by atoms with van der Waals surface area (Å²) >= 11 is 1.63. The van der Waals surface area contributed by atoms with E-state index in [2.05, 4.69) is 50.7 Å². The summed E-state index contributed by atoms with van der Waals surface area (Å²) in [5.74, 6) is 1.78. The van der Waals surface area contributed by atoms with E-state index in [1.807, 2.05) is 46.7 Å². The van der Waals surface area contributed by atoms with Gasteiger partial charge in [-0.2, -0.15) is 0 Å². The summed E-state index contributed by atoms with van der Waals surface area (Å²) in [5.41, 5.74) is 3.89. The Bertz CT molecular complexity index is 1470. The van der Waals surface area contributed by atoms with Crippen LogP contribution in [0.15, 0.2) is 66.0 Å². The van der Waals surface area contributed by atoms with E-state index < -0.39 is 0 Å². The number of fused-ring (bicyclic) bond motifs is 3. The third-order valence-corrected chi connectivity index (χ3v) is 7.24. The molecule has 6 rings (SSSR count). The Hall–Kier alpha value is -3.78. The van der Waals surface area contributed by atoms with Crippen LogP contribution < -0.4 is 4.90 Å². The molecule has 1 fully saturated rings. The van der Waals surface area contributed by atoms with Crippen molar-refractivity contribution in [2.75, 3.05) is 31.1 Å². The van der Waals surface area contributed by atoms with E-state index in [0.29, 0.717) is 32.6 Å². The molecule has 0 unspecified atom stereocenters. The molecule has 0 spiro atoms. The minimum absolute atomic E-state index is 0.184. The Labute approximate surface area is 201 Å². The molecule has 1 amide bonds. The van der Waals surface area contributed by atoms with E-state index in [-0.39, 0.29) is 5.91 Å². The summed E-state index contributed by atoms with van der Waals surface area (Å²) < 4.78 is 2.07. The van der Waals surface area contributed by atoms with Crippen LogP contribution in [-0.4, -0.2) is 56.6 Å². The number of rotatable bonds is 4. The molecular formula is C26H24N6OS. The van der Waals surface area contributed by atoms with Crippen LogP contribution in [-0.2, 0) is 11.2 Å². The van der Waals surface area contributed by atoms with Gasteiger partial charge in [0.05, 0.1) is 11.9 Å². The molecule has 0 saturated carbocycles. The Morgan fingerprint density at radius 3 is 2.50 bits per heavy atom. The number of benzene rings is 2. The molecule has 1 saturated heterocycles. The molecule has 5 aromatic rings. The molecule has 3 aromatic heterocycles. The first-order valence-electron chi connectivity index (χ1n) is 11.4. The largest absolute Gasteiger partial charge is 0.339 e. The fourth-order valence-corrected chi connectivity index (χ4v) is 5.19. The third-order valence-electron chi connectivity index (χ3n) is 6.36. The van der Waals surface area contributed by atoms with Crippen LogP contribution in [0.4, 0.5) is 5.95 Å². The highest BCUT2D eigenvalue weighted by Gasteiger charge is 2.26. The molecule has 0 aliphatic carbocycles. The first-order valence-corrected chi connectivity index (χ1v) is 12.3. The smallest absolute Gasteiger partial charge is 0.227 e. The molecular weight excluding hydrogens is 444 g/mol. The number of para-hydroxylation sites is 1. The lowest BCUT2D eigenvalue weighted by Gasteiger charge is -2.35. The number of anilines is 1. The molecule has 0 atom stereocenters. The number of thiophene rings is 1. The summed E-state index contributed by atoms with van der Waals surface area (Å²) in [7, 11) is 0. The van der Waals surface area contributed by atoms with Gasteiger partial charge in [0.15, 0.2) is 11.5 Å². The second-order valence-electron chi connectivity index (χ2n) is 8.60. The Kier molecular flexibility index (Phi) is 5.22. The highest BCUT2D eigenvalue weighted by Crippen LogP contribution is 2.29. The van der Waals surface area contributed by atoms with E-state index in [1.165, 1.54) is 5.56 Å². The van der Waals surface area contributed by atoms with Gasteiger partial charge >= 0.3 is 0 Å². The molecule has 8 heteroatoms. The third kappa shape index (κ3) is 3.70. The number of aryl methyl sites for hydroxylation is 1. The van der Waals surface area contributed by atoms with Crippen molar-refractivity contribution in [2.24, 2.45) is 0 Å². The number of piperazine rings is 1. The van der Waals surface area contributed by atoms with E-state index >= 15 is 0 Å². The van der Waals surface area contributed by atoms with Crippen LogP contribution in [0, 0.1) is 6.92 Å². The number of nitrogens with zero attached hydrogens (tertiary/aromatic N) is 6. The molecule has 170 valence electrons. The second kappa shape index (κ2) is 8.53. The number of aromatic nitrogens is 4. The monoisotopic (exact) mass is 468 g/mol. The summed E-state index contributed by atoms with van der Waals surface area (Å²) in [5, 5.41) is 12.1. The number of hydrogen-bond donors (Lipinski definition) is 0. The van der Waals surface area contributed by atoms with Crippen molar-refractivity contribution in [2.45, 2.75) is 13.3 Å². The van der Waals surface area contributed by atoms with Crippen LogP contribution >= 0.6 is 11.3 Å². The second-order valence-corrected chi connectivity index (χ2v) is 9.63. The van der Waals surface area contributed by atoms with Crippen molar-refractivity contribution in [1.29, 1.82) is 0 Å².